The van der Waals surface area contributed by atoms with Gasteiger partial charge in [-0.1, -0.05) is 0 Å². The number of fused-ring (bicyclic) bond motifs is 4. The normalized spacial score (nSPS) is 39.7. The Hall–Kier alpha value is -2.63. The van der Waals surface area contributed by atoms with Gasteiger partial charge >= 0.3 is 13.4 Å². The summed E-state index contributed by atoms with van der Waals surface area (Å²) in [4.78, 5) is 57.6. The van der Waals surface area contributed by atoms with E-state index < -0.39 is 80.9 Å². The topological polar surface area (TPSA) is 264 Å². The third-order valence-electron chi connectivity index (χ3n) is 8.00. The number of nitrogens with two attached hydrogens (primary N) is 2. The van der Waals surface area contributed by atoms with E-state index in [2.05, 4.69) is 29.9 Å². The van der Waals surface area contributed by atoms with Crippen molar-refractivity contribution >= 4 is 71.1 Å². The molecule has 3 unspecified atom stereocenters. The highest BCUT2D eigenvalue weighted by atomic mass is 32.5. The minimum Gasteiger partial charge on any atom is -0.382 e. The van der Waals surface area contributed by atoms with Crippen molar-refractivity contribution in [2.24, 2.45) is 0 Å². The van der Waals surface area contributed by atoms with Crippen LogP contribution < -0.4 is 17.0 Å². The highest BCUT2D eigenvalue weighted by Gasteiger charge is 2.65. The molecule has 10 atom stereocenters. The van der Waals surface area contributed by atoms with Crippen LogP contribution in [0.4, 0.5) is 16.2 Å². The lowest BCUT2D eigenvalue weighted by molar-refractivity contribution is -0.183. The number of hydrogen-bond acceptors (Lipinski definition) is 17. The van der Waals surface area contributed by atoms with Crippen LogP contribution in [0, 0.1) is 0 Å². The van der Waals surface area contributed by atoms with E-state index in [0.717, 1.165) is 6.33 Å². The molecule has 4 bridgehead atoms. The van der Waals surface area contributed by atoms with Crippen molar-refractivity contribution in [1.29, 1.82) is 0 Å². The number of H-pyrrole nitrogens is 1. The third-order valence-corrected chi connectivity index (χ3v) is 11.1. The second kappa shape index (κ2) is 10.7. The SMILES string of the molecule is Nc1nc2c(ncn2[C@@H]2O[C@@H]3COP(O)(=S)O[C@H]4[C@H]5OC[C@]4(COP(O)(=S)OC2[C@@H]3F)O[C@H]5n2cnc3c(N)ncnc32)c(=O)[nH]1. The summed E-state index contributed by atoms with van der Waals surface area (Å²) < 4.78 is 60.0. The summed E-state index contributed by atoms with van der Waals surface area (Å²) in [5, 5.41) is 0. The molecule has 4 aliphatic heterocycles. The summed E-state index contributed by atoms with van der Waals surface area (Å²) in [6.07, 6.45) is -5.63. The van der Waals surface area contributed by atoms with Gasteiger partial charge in [-0.15, -0.1) is 0 Å². The van der Waals surface area contributed by atoms with E-state index in [0.29, 0.717) is 11.2 Å². The second-order valence-electron chi connectivity index (χ2n) is 10.8. The first kappa shape index (κ1) is 30.7. The number of aromatic nitrogens is 8. The van der Waals surface area contributed by atoms with Gasteiger partial charge in [-0.25, -0.2) is 24.3 Å². The lowest BCUT2D eigenvalue weighted by atomic mass is 10.0. The number of hydrogen-bond donors (Lipinski definition) is 5. The van der Waals surface area contributed by atoms with E-state index in [1.165, 1.54) is 17.2 Å². The van der Waals surface area contributed by atoms with Crippen LogP contribution in [-0.4, -0.2) is 105 Å². The molecule has 0 aliphatic carbocycles. The smallest absolute Gasteiger partial charge is 0.325 e. The van der Waals surface area contributed by atoms with Crippen molar-refractivity contribution in [1.82, 2.24) is 39.0 Å². The number of nitrogens with one attached hydrogen (secondary N) is 1. The van der Waals surface area contributed by atoms with E-state index in [1.807, 2.05) is 0 Å². The number of ether oxygens (including phenoxy) is 3. The van der Waals surface area contributed by atoms with E-state index in [-0.39, 0.29) is 29.5 Å². The number of imidazole rings is 2. The molecule has 4 fully saturated rings. The molecule has 20 nitrogen and oxygen atoms in total. The number of alkyl halides is 1. The predicted molar refractivity (Wildman–Crippen MR) is 158 cm³/mol. The van der Waals surface area contributed by atoms with Gasteiger partial charge in [0.15, 0.2) is 41.3 Å². The van der Waals surface area contributed by atoms with Gasteiger partial charge in [-0.3, -0.25) is 28.0 Å². The van der Waals surface area contributed by atoms with Gasteiger partial charge in [0.1, 0.15) is 41.9 Å². The molecule has 46 heavy (non-hydrogen) atoms. The lowest BCUT2D eigenvalue weighted by Gasteiger charge is -2.33. The fourth-order valence-corrected chi connectivity index (χ4v) is 8.83. The molecule has 4 aliphatic rings. The number of anilines is 2. The van der Waals surface area contributed by atoms with Crippen LogP contribution in [0.1, 0.15) is 12.5 Å². The average Bonchev–Trinajstić information content (AvgIpc) is 3.80. The maximum absolute atomic E-state index is 16.0. The molecule has 0 aromatic carbocycles. The first-order valence-electron chi connectivity index (χ1n) is 13.4. The third kappa shape index (κ3) is 4.89. The molecule has 8 rings (SSSR count). The zero-order valence-corrected chi connectivity index (χ0v) is 26.4. The second-order valence-corrected chi connectivity index (χ2v) is 16.4. The summed E-state index contributed by atoms with van der Waals surface area (Å²) in [7, 11) is 0. The van der Waals surface area contributed by atoms with Crippen molar-refractivity contribution in [3.8, 4) is 0 Å². The number of aromatic amines is 1. The molecule has 246 valence electrons. The quantitative estimate of drug-likeness (QED) is 0.160. The summed E-state index contributed by atoms with van der Waals surface area (Å²) in [5.74, 6) is -0.0933. The first-order chi connectivity index (χ1) is 21.8. The Morgan fingerprint density at radius 2 is 1.72 bits per heavy atom. The molecule has 0 saturated carbocycles. The minimum atomic E-state index is -4.30. The minimum absolute atomic E-state index is 0.0576. The fourth-order valence-electron chi connectivity index (χ4n) is 5.94. The van der Waals surface area contributed by atoms with Crippen LogP contribution in [-0.2, 0) is 55.9 Å². The maximum atomic E-state index is 16.0. The van der Waals surface area contributed by atoms with E-state index in [4.69, 9.17) is 67.4 Å². The molecular formula is C21H23FN10O10P2S2. The summed E-state index contributed by atoms with van der Waals surface area (Å²) >= 11 is 10.6. The predicted octanol–water partition coefficient (Wildman–Crippen LogP) is -0.723. The van der Waals surface area contributed by atoms with Gasteiger partial charge in [-0.2, -0.15) is 4.98 Å². The highest BCUT2D eigenvalue weighted by molar-refractivity contribution is 8.07. The van der Waals surface area contributed by atoms with Crippen molar-refractivity contribution in [3.63, 3.8) is 0 Å². The lowest BCUT2D eigenvalue weighted by Crippen LogP contribution is -2.45. The monoisotopic (exact) mass is 720 g/mol. The van der Waals surface area contributed by atoms with Gasteiger partial charge in [0.2, 0.25) is 5.95 Å². The number of rotatable bonds is 2. The summed E-state index contributed by atoms with van der Waals surface area (Å²) in [5.41, 5.74) is 9.96. The molecule has 0 amide bonds. The maximum Gasteiger partial charge on any atom is 0.325 e. The standard InChI is InChI=1S/C21H23FN10O10P2S2/c22-8-7-1-37-43(34,45)42-13-12-19(31-5-27-9-14(23)25-4-26-15(9)31)40-21(13,2-36-12)3-38-44(35,46)41-11(8)18(39-7)32-6-28-10-16(32)29-20(24)30-17(10)33/h4-8,11-13,18-19H,1-3H2,(H,34,45)(H,35,46)(H2,23,25,26)(H3,24,29,30,33)/t7-,8-,11?,12-,13+,18-,19-,21-,43?,44?/m1/s1. The number of halogens is 1. The van der Waals surface area contributed by atoms with Crippen LogP contribution in [0.2, 0.25) is 0 Å². The zero-order valence-electron chi connectivity index (χ0n) is 22.9. The number of nitrogens with zero attached hydrogens (tertiary/aromatic N) is 7. The van der Waals surface area contributed by atoms with Crippen LogP contribution in [0.3, 0.4) is 0 Å². The Morgan fingerprint density at radius 3 is 2.52 bits per heavy atom. The molecule has 25 heteroatoms. The molecule has 4 aromatic rings. The van der Waals surface area contributed by atoms with E-state index in [9.17, 15) is 14.6 Å². The Morgan fingerprint density at radius 1 is 0.978 bits per heavy atom. The van der Waals surface area contributed by atoms with Gasteiger partial charge in [0.05, 0.1) is 32.5 Å². The van der Waals surface area contributed by atoms with Gasteiger partial charge in [0.25, 0.3) is 5.56 Å². The Balaban J connectivity index is 1.14. The van der Waals surface area contributed by atoms with Crippen LogP contribution in [0.25, 0.3) is 22.3 Å². The molecule has 7 N–H and O–H groups in total. The Labute approximate surface area is 265 Å². The molecule has 4 aromatic heterocycles. The first-order valence-corrected chi connectivity index (χ1v) is 18.6. The van der Waals surface area contributed by atoms with E-state index in [1.54, 1.807) is 4.57 Å². The van der Waals surface area contributed by atoms with E-state index >= 15 is 4.39 Å². The largest absolute Gasteiger partial charge is 0.382 e. The van der Waals surface area contributed by atoms with Gasteiger partial charge < -0.3 is 44.5 Å². The van der Waals surface area contributed by atoms with Crippen molar-refractivity contribution < 1.29 is 46.5 Å². The van der Waals surface area contributed by atoms with Crippen LogP contribution in [0.15, 0.2) is 23.8 Å². The van der Waals surface area contributed by atoms with Crippen molar-refractivity contribution in [3.05, 3.63) is 29.3 Å². The van der Waals surface area contributed by atoms with Gasteiger partial charge in [0, 0.05) is 0 Å². The van der Waals surface area contributed by atoms with Crippen LogP contribution >= 0.6 is 13.4 Å². The molecular weight excluding hydrogens is 697 g/mol. The summed E-state index contributed by atoms with van der Waals surface area (Å²) in [6, 6.07) is 0. The summed E-state index contributed by atoms with van der Waals surface area (Å²) in [6.45, 7) is -9.71. The van der Waals surface area contributed by atoms with Crippen molar-refractivity contribution in [2.45, 2.75) is 48.6 Å². The Kier molecular flexibility index (Phi) is 7.13. The average molecular weight is 721 g/mol. The zero-order chi connectivity index (χ0) is 32.2. The Bertz CT molecular complexity index is 2040. The molecule has 8 heterocycles. The molecule has 0 spiro atoms. The number of nitrogen functional groups attached to an aromatic ring is 2. The molecule has 4 saturated heterocycles. The molecule has 0 radical (unpaired) electrons. The highest BCUT2D eigenvalue weighted by Crippen LogP contribution is 2.58. The van der Waals surface area contributed by atoms with Crippen molar-refractivity contribution in [2.75, 3.05) is 31.3 Å². The van der Waals surface area contributed by atoms with Crippen LogP contribution in [0.5, 0.6) is 0 Å². The van der Waals surface area contributed by atoms with Gasteiger partial charge in [-0.05, 0) is 23.6 Å². The fraction of sp³-hybridized carbons (Fsp3) is 0.524.